The molecule has 0 N–H and O–H groups in total. The summed E-state index contributed by atoms with van der Waals surface area (Å²) in [6.45, 7) is 10.9. The van der Waals surface area contributed by atoms with Gasteiger partial charge in [0, 0.05) is 37.1 Å². The number of ether oxygens (including phenoxy) is 1. The third-order valence-electron chi connectivity index (χ3n) is 6.04. The number of hydrogen-bond donors (Lipinski definition) is 0. The van der Waals surface area contributed by atoms with Crippen molar-refractivity contribution >= 4 is 11.5 Å². The minimum Gasteiger partial charge on any atom is -0.492 e. The molecule has 5 rings (SSSR count). The van der Waals surface area contributed by atoms with Gasteiger partial charge in [0.2, 0.25) is 0 Å². The number of hydrogen-bond acceptors (Lipinski definition) is 5. The molecule has 0 atom stereocenters. The van der Waals surface area contributed by atoms with Crippen LogP contribution in [-0.2, 0) is 0 Å². The van der Waals surface area contributed by atoms with Gasteiger partial charge in [-0.25, -0.2) is 9.50 Å². The van der Waals surface area contributed by atoms with E-state index in [1.54, 1.807) is 0 Å². The summed E-state index contributed by atoms with van der Waals surface area (Å²) in [6.07, 6.45) is 7.51. The third-order valence-corrected chi connectivity index (χ3v) is 6.04. The van der Waals surface area contributed by atoms with Gasteiger partial charge in [0.25, 0.3) is 0 Å². The lowest BCUT2D eigenvalue weighted by molar-refractivity contribution is 0.239. The van der Waals surface area contributed by atoms with Gasteiger partial charge in [-0.05, 0) is 48.9 Å². The van der Waals surface area contributed by atoms with Gasteiger partial charge < -0.3 is 14.5 Å². The lowest BCUT2D eigenvalue weighted by atomic mass is 10.1. The minimum absolute atomic E-state index is 0.649. The van der Waals surface area contributed by atoms with Crippen molar-refractivity contribution in [1.29, 1.82) is 0 Å². The summed E-state index contributed by atoms with van der Waals surface area (Å²) in [5.74, 6) is 2.54. The van der Waals surface area contributed by atoms with Crippen LogP contribution in [0.2, 0.25) is 0 Å². The zero-order valence-corrected chi connectivity index (χ0v) is 17.6. The normalized spacial score (nSPS) is 17.1. The van der Waals surface area contributed by atoms with Gasteiger partial charge >= 0.3 is 0 Å². The molecule has 0 amide bonds. The maximum absolute atomic E-state index is 6.13. The first-order valence-corrected chi connectivity index (χ1v) is 11.0. The molecule has 4 bridgehead atoms. The quantitative estimate of drug-likeness (QED) is 0.652. The van der Waals surface area contributed by atoms with Crippen molar-refractivity contribution in [3.8, 4) is 16.9 Å². The van der Waals surface area contributed by atoms with Crippen molar-refractivity contribution in [3.63, 3.8) is 0 Å². The molecule has 0 saturated heterocycles. The van der Waals surface area contributed by atoms with E-state index in [2.05, 4.69) is 46.6 Å². The van der Waals surface area contributed by atoms with E-state index in [9.17, 15) is 0 Å². The van der Waals surface area contributed by atoms with E-state index in [0.29, 0.717) is 12.5 Å². The fraction of sp³-hybridized carbons (Fsp3) is 0.417. The van der Waals surface area contributed by atoms with Gasteiger partial charge in [0.1, 0.15) is 18.2 Å². The van der Waals surface area contributed by atoms with Crippen LogP contribution < -0.4 is 9.64 Å². The maximum atomic E-state index is 6.13. The molecule has 0 radical (unpaired) electrons. The molecule has 2 aliphatic rings. The zero-order valence-electron chi connectivity index (χ0n) is 17.6. The van der Waals surface area contributed by atoms with Gasteiger partial charge in [0.05, 0.1) is 12.7 Å². The molecule has 3 heterocycles. The maximum Gasteiger partial charge on any atom is 0.165 e. The molecule has 0 spiro atoms. The Morgan fingerprint density at radius 2 is 2.10 bits per heavy atom. The fourth-order valence-electron chi connectivity index (χ4n) is 4.19. The molecule has 3 aromatic rings. The molecule has 1 saturated carbocycles. The molecule has 30 heavy (non-hydrogen) atoms. The molecule has 6 heteroatoms. The summed E-state index contributed by atoms with van der Waals surface area (Å²) in [5, 5.41) is 4.51. The Morgan fingerprint density at radius 3 is 2.93 bits per heavy atom. The van der Waals surface area contributed by atoms with Crippen molar-refractivity contribution < 1.29 is 4.74 Å². The number of nitrogens with zero attached hydrogens (tertiary/aromatic N) is 5. The third kappa shape index (κ3) is 3.74. The predicted molar refractivity (Wildman–Crippen MR) is 120 cm³/mol. The highest BCUT2D eigenvalue weighted by molar-refractivity contribution is 5.78. The van der Waals surface area contributed by atoms with Gasteiger partial charge in [0.15, 0.2) is 5.65 Å². The predicted octanol–water partition coefficient (Wildman–Crippen LogP) is 4.23. The molecule has 1 fully saturated rings. The topological polar surface area (TPSA) is 45.9 Å². The summed E-state index contributed by atoms with van der Waals surface area (Å²) in [6, 6.07) is 10.3. The summed E-state index contributed by atoms with van der Waals surface area (Å²) in [4.78, 5) is 9.82. The average Bonchev–Trinajstić information content (AvgIpc) is 3.53. The molecule has 156 valence electrons. The van der Waals surface area contributed by atoms with E-state index in [0.717, 1.165) is 60.9 Å². The number of aromatic nitrogens is 3. The van der Waals surface area contributed by atoms with Crippen LogP contribution in [0.15, 0.2) is 55.0 Å². The standard InChI is InChI=1S/C24H29N5O/c1-3-10-28-13-12-27(18(2)19-7-8-19)14-15-30-21-6-4-5-20(16-21)22-17-25-29-11-9-23(28)26-24(22)29/h4-6,9,11,16-17,19H,2-3,7-8,10,12-15H2,1H3. The second kappa shape index (κ2) is 8.01. The van der Waals surface area contributed by atoms with Crippen molar-refractivity contribution in [1.82, 2.24) is 19.5 Å². The first kappa shape index (κ1) is 19.0. The second-order valence-electron chi connectivity index (χ2n) is 8.23. The number of anilines is 1. The summed E-state index contributed by atoms with van der Waals surface area (Å²) < 4.78 is 7.98. The van der Waals surface area contributed by atoms with Crippen LogP contribution >= 0.6 is 0 Å². The van der Waals surface area contributed by atoms with Gasteiger partial charge in [-0.2, -0.15) is 5.10 Å². The highest BCUT2D eigenvalue weighted by Gasteiger charge is 2.28. The fourth-order valence-corrected chi connectivity index (χ4v) is 4.19. The number of rotatable bonds is 4. The Labute approximate surface area is 177 Å². The van der Waals surface area contributed by atoms with Crippen LogP contribution in [0, 0.1) is 5.92 Å². The van der Waals surface area contributed by atoms with Gasteiger partial charge in [-0.15, -0.1) is 0 Å². The van der Waals surface area contributed by atoms with E-state index in [1.165, 1.54) is 18.5 Å². The lowest BCUT2D eigenvalue weighted by Gasteiger charge is -2.31. The molecule has 0 unspecified atom stereocenters. The van der Waals surface area contributed by atoms with E-state index in [4.69, 9.17) is 9.72 Å². The highest BCUT2D eigenvalue weighted by Crippen LogP contribution is 2.37. The Hall–Kier alpha value is -3.02. The molecule has 1 aliphatic heterocycles. The minimum atomic E-state index is 0.649. The Morgan fingerprint density at radius 1 is 1.20 bits per heavy atom. The second-order valence-corrected chi connectivity index (χ2v) is 8.23. The first-order chi connectivity index (χ1) is 14.7. The number of fused-ring (bicyclic) bond motifs is 4. The molecule has 2 aromatic heterocycles. The van der Waals surface area contributed by atoms with E-state index in [-0.39, 0.29) is 0 Å². The first-order valence-electron chi connectivity index (χ1n) is 11.0. The summed E-state index contributed by atoms with van der Waals surface area (Å²) >= 11 is 0. The lowest BCUT2D eigenvalue weighted by Crippen LogP contribution is -2.38. The van der Waals surface area contributed by atoms with Crippen LogP contribution in [-0.4, -0.2) is 52.3 Å². The van der Waals surface area contributed by atoms with E-state index >= 15 is 0 Å². The Balaban J connectivity index is 1.55. The summed E-state index contributed by atoms with van der Waals surface area (Å²) in [7, 11) is 0. The van der Waals surface area contributed by atoms with E-state index in [1.807, 2.05) is 29.0 Å². The Kier molecular flexibility index (Phi) is 5.07. The van der Waals surface area contributed by atoms with Crippen LogP contribution in [0.25, 0.3) is 16.8 Å². The highest BCUT2D eigenvalue weighted by atomic mass is 16.5. The van der Waals surface area contributed by atoms with Crippen molar-refractivity contribution in [3.05, 3.63) is 55.0 Å². The number of allylic oxidation sites excluding steroid dienone is 1. The van der Waals surface area contributed by atoms with Crippen molar-refractivity contribution in [2.75, 3.05) is 37.7 Å². The van der Waals surface area contributed by atoms with E-state index < -0.39 is 0 Å². The SMILES string of the molecule is C=C(C1CC1)N1CCOc2cccc(c2)-c2cnn3ccc(nc23)N(CCC)CC1. The monoisotopic (exact) mass is 403 g/mol. The summed E-state index contributed by atoms with van der Waals surface area (Å²) in [5.41, 5.74) is 4.24. The van der Waals surface area contributed by atoms with Crippen molar-refractivity contribution in [2.24, 2.45) is 5.92 Å². The molecular weight excluding hydrogens is 374 g/mol. The van der Waals surface area contributed by atoms with Crippen LogP contribution in [0.5, 0.6) is 5.75 Å². The van der Waals surface area contributed by atoms with Crippen LogP contribution in [0.3, 0.4) is 0 Å². The smallest absolute Gasteiger partial charge is 0.165 e. The molecular formula is C24H29N5O. The zero-order chi connectivity index (χ0) is 20.5. The van der Waals surface area contributed by atoms with Crippen LogP contribution in [0.4, 0.5) is 5.82 Å². The van der Waals surface area contributed by atoms with Gasteiger partial charge in [-0.3, -0.25) is 0 Å². The molecule has 6 nitrogen and oxygen atoms in total. The number of benzene rings is 1. The van der Waals surface area contributed by atoms with Gasteiger partial charge in [-0.1, -0.05) is 25.6 Å². The largest absolute Gasteiger partial charge is 0.492 e. The van der Waals surface area contributed by atoms with Crippen molar-refractivity contribution in [2.45, 2.75) is 26.2 Å². The molecule has 1 aliphatic carbocycles. The Bertz CT molecular complexity index is 1050. The van der Waals surface area contributed by atoms with Crippen LogP contribution in [0.1, 0.15) is 26.2 Å². The molecule has 1 aromatic carbocycles. The average molecular weight is 404 g/mol.